The quantitative estimate of drug-likeness (QED) is 0.856. The first-order chi connectivity index (χ1) is 9.32. The Hall–Kier alpha value is -1.59. The third kappa shape index (κ3) is 3.11. The molecule has 110 valence electrons. The number of morpholine rings is 1. The summed E-state index contributed by atoms with van der Waals surface area (Å²) >= 11 is 0. The maximum atomic E-state index is 12.6. The first-order valence-corrected chi connectivity index (χ1v) is 6.70. The summed E-state index contributed by atoms with van der Waals surface area (Å²) in [6.45, 7) is 6.34. The number of phenols is 1. The van der Waals surface area contributed by atoms with Crippen LogP contribution in [0, 0.1) is 6.92 Å². The number of ether oxygens (including phenoxy) is 1. The van der Waals surface area contributed by atoms with Gasteiger partial charge in [0.05, 0.1) is 18.3 Å². The first kappa shape index (κ1) is 14.8. The average molecular weight is 279 g/mol. The van der Waals surface area contributed by atoms with E-state index in [9.17, 15) is 15.0 Å². The molecular weight excluding hydrogens is 258 g/mol. The zero-order valence-electron chi connectivity index (χ0n) is 12.1. The van der Waals surface area contributed by atoms with E-state index < -0.39 is 5.60 Å². The Kier molecular flexibility index (Phi) is 4.01. The van der Waals surface area contributed by atoms with E-state index in [-0.39, 0.29) is 24.4 Å². The highest BCUT2D eigenvalue weighted by atomic mass is 16.5. The summed E-state index contributed by atoms with van der Waals surface area (Å²) in [6.07, 6.45) is -0.361. The molecule has 0 bridgehead atoms. The van der Waals surface area contributed by atoms with Crippen molar-refractivity contribution in [3.8, 4) is 5.75 Å². The zero-order valence-corrected chi connectivity index (χ0v) is 12.1. The number of aliphatic hydroxyl groups is 1. The van der Waals surface area contributed by atoms with E-state index in [4.69, 9.17) is 4.74 Å². The molecule has 2 rings (SSSR count). The van der Waals surface area contributed by atoms with E-state index in [0.717, 1.165) is 5.56 Å². The molecule has 1 aliphatic heterocycles. The molecule has 1 aromatic rings. The number of carbonyl (C=O) groups excluding carboxylic acids is 1. The van der Waals surface area contributed by atoms with Crippen LogP contribution in [0.15, 0.2) is 18.2 Å². The third-order valence-corrected chi connectivity index (χ3v) is 3.41. The lowest BCUT2D eigenvalue weighted by molar-refractivity contribution is -0.139. The number of rotatable bonds is 2. The summed E-state index contributed by atoms with van der Waals surface area (Å²) in [7, 11) is 0. The molecule has 20 heavy (non-hydrogen) atoms. The summed E-state index contributed by atoms with van der Waals surface area (Å²) in [5.74, 6) is 0.0481. The van der Waals surface area contributed by atoms with Crippen molar-refractivity contribution in [1.29, 1.82) is 0 Å². The SMILES string of the molecule is Cc1cc(O)ccc1C(=O)N1CC(CO)OC(C)(C)C1. The summed E-state index contributed by atoms with van der Waals surface area (Å²) in [5, 5.41) is 18.7. The van der Waals surface area contributed by atoms with Gasteiger partial charge in [-0.05, 0) is 44.5 Å². The average Bonchev–Trinajstić information content (AvgIpc) is 2.36. The minimum atomic E-state index is -0.480. The molecule has 0 aliphatic carbocycles. The van der Waals surface area contributed by atoms with Crippen molar-refractivity contribution in [1.82, 2.24) is 4.90 Å². The Labute approximate surface area is 118 Å². The Morgan fingerprint density at radius 3 is 2.80 bits per heavy atom. The second kappa shape index (κ2) is 5.42. The molecule has 2 N–H and O–H groups in total. The Bertz CT molecular complexity index is 513. The van der Waals surface area contributed by atoms with Crippen molar-refractivity contribution in [2.24, 2.45) is 0 Å². The van der Waals surface area contributed by atoms with Crippen LogP contribution < -0.4 is 0 Å². The largest absolute Gasteiger partial charge is 0.508 e. The number of amides is 1. The lowest BCUT2D eigenvalue weighted by Gasteiger charge is -2.42. The predicted molar refractivity (Wildman–Crippen MR) is 74.8 cm³/mol. The summed E-state index contributed by atoms with van der Waals surface area (Å²) in [4.78, 5) is 14.3. The van der Waals surface area contributed by atoms with Gasteiger partial charge >= 0.3 is 0 Å². The molecule has 5 nitrogen and oxygen atoms in total. The van der Waals surface area contributed by atoms with Crippen molar-refractivity contribution in [2.45, 2.75) is 32.5 Å². The minimum Gasteiger partial charge on any atom is -0.508 e. The lowest BCUT2D eigenvalue weighted by Crippen LogP contribution is -2.55. The van der Waals surface area contributed by atoms with Gasteiger partial charge in [-0.3, -0.25) is 4.79 Å². The molecule has 1 atom stereocenters. The van der Waals surface area contributed by atoms with Crippen molar-refractivity contribution < 1.29 is 19.7 Å². The van der Waals surface area contributed by atoms with Crippen LogP contribution in [-0.2, 0) is 4.74 Å². The molecule has 1 aliphatic rings. The van der Waals surface area contributed by atoms with Crippen LogP contribution in [0.4, 0.5) is 0 Å². The summed E-state index contributed by atoms with van der Waals surface area (Å²) in [6, 6.07) is 4.71. The molecule has 1 amide bonds. The van der Waals surface area contributed by atoms with E-state index in [1.165, 1.54) is 6.07 Å². The number of hydrogen-bond donors (Lipinski definition) is 2. The van der Waals surface area contributed by atoms with E-state index in [1.807, 2.05) is 13.8 Å². The zero-order chi connectivity index (χ0) is 14.9. The maximum absolute atomic E-state index is 12.6. The van der Waals surface area contributed by atoms with Crippen molar-refractivity contribution in [3.63, 3.8) is 0 Å². The van der Waals surface area contributed by atoms with Gasteiger partial charge in [0.1, 0.15) is 5.75 Å². The number of carbonyl (C=O) groups is 1. The van der Waals surface area contributed by atoms with Gasteiger partial charge in [0.2, 0.25) is 0 Å². The molecule has 1 heterocycles. The second-order valence-electron chi connectivity index (χ2n) is 5.87. The van der Waals surface area contributed by atoms with Gasteiger partial charge in [-0.1, -0.05) is 0 Å². The highest BCUT2D eigenvalue weighted by molar-refractivity contribution is 5.96. The number of benzene rings is 1. The van der Waals surface area contributed by atoms with E-state index in [1.54, 1.807) is 24.0 Å². The van der Waals surface area contributed by atoms with Gasteiger partial charge in [0, 0.05) is 18.7 Å². The van der Waals surface area contributed by atoms with Crippen molar-refractivity contribution in [2.75, 3.05) is 19.7 Å². The standard InChI is InChI=1S/C15H21NO4/c1-10-6-11(18)4-5-13(10)14(19)16-7-12(8-17)20-15(2,3)9-16/h4-6,12,17-18H,7-9H2,1-3H3. The van der Waals surface area contributed by atoms with Gasteiger partial charge in [-0.15, -0.1) is 0 Å². The van der Waals surface area contributed by atoms with Gasteiger partial charge in [-0.25, -0.2) is 0 Å². The number of hydrogen-bond acceptors (Lipinski definition) is 4. The fourth-order valence-corrected chi connectivity index (χ4v) is 2.60. The topological polar surface area (TPSA) is 70.0 Å². The first-order valence-electron chi connectivity index (χ1n) is 6.70. The van der Waals surface area contributed by atoms with Gasteiger partial charge < -0.3 is 19.8 Å². The monoisotopic (exact) mass is 279 g/mol. The Balaban J connectivity index is 2.23. The minimum absolute atomic E-state index is 0.0997. The molecule has 1 fully saturated rings. The number of aryl methyl sites for hydroxylation is 1. The molecular formula is C15H21NO4. The smallest absolute Gasteiger partial charge is 0.254 e. The van der Waals surface area contributed by atoms with Crippen molar-refractivity contribution >= 4 is 5.91 Å². The molecule has 0 saturated carbocycles. The highest BCUT2D eigenvalue weighted by Crippen LogP contribution is 2.24. The van der Waals surface area contributed by atoms with Gasteiger partial charge in [-0.2, -0.15) is 0 Å². The highest BCUT2D eigenvalue weighted by Gasteiger charge is 2.35. The van der Waals surface area contributed by atoms with Crippen LogP contribution in [0.25, 0.3) is 0 Å². The number of phenolic OH excluding ortho intramolecular Hbond substituents is 1. The van der Waals surface area contributed by atoms with Crippen LogP contribution in [0.3, 0.4) is 0 Å². The fraction of sp³-hybridized carbons (Fsp3) is 0.533. The Morgan fingerprint density at radius 1 is 1.50 bits per heavy atom. The Morgan fingerprint density at radius 2 is 2.20 bits per heavy atom. The molecule has 1 aromatic carbocycles. The fourth-order valence-electron chi connectivity index (χ4n) is 2.60. The van der Waals surface area contributed by atoms with Gasteiger partial charge in [0.15, 0.2) is 0 Å². The van der Waals surface area contributed by atoms with Crippen molar-refractivity contribution in [3.05, 3.63) is 29.3 Å². The van der Waals surface area contributed by atoms with E-state index in [0.29, 0.717) is 18.7 Å². The molecule has 1 unspecified atom stereocenters. The third-order valence-electron chi connectivity index (χ3n) is 3.41. The molecule has 0 spiro atoms. The summed E-state index contributed by atoms with van der Waals surface area (Å²) < 4.78 is 5.70. The molecule has 0 aromatic heterocycles. The van der Waals surface area contributed by atoms with Gasteiger partial charge in [0.25, 0.3) is 5.91 Å². The van der Waals surface area contributed by atoms with Crippen LogP contribution >= 0.6 is 0 Å². The molecule has 5 heteroatoms. The van der Waals surface area contributed by atoms with Crippen LogP contribution in [0.2, 0.25) is 0 Å². The number of aliphatic hydroxyl groups excluding tert-OH is 1. The molecule has 0 radical (unpaired) electrons. The van der Waals surface area contributed by atoms with Crippen LogP contribution in [-0.4, -0.2) is 52.4 Å². The molecule has 1 saturated heterocycles. The summed E-state index contributed by atoms with van der Waals surface area (Å²) in [5.41, 5.74) is 0.823. The number of nitrogens with zero attached hydrogens (tertiary/aromatic N) is 1. The second-order valence-corrected chi connectivity index (χ2v) is 5.87. The lowest BCUT2D eigenvalue weighted by atomic mass is 10.0. The van der Waals surface area contributed by atoms with E-state index in [2.05, 4.69) is 0 Å². The van der Waals surface area contributed by atoms with Crippen LogP contribution in [0.5, 0.6) is 5.75 Å². The number of aromatic hydroxyl groups is 1. The van der Waals surface area contributed by atoms with Crippen LogP contribution in [0.1, 0.15) is 29.8 Å². The predicted octanol–water partition coefficient (Wildman–Crippen LogP) is 1.31. The normalized spacial score (nSPS) is 21.8. The maximum Gasteiger partial charge on any atom is 0.254 e. The van der Waals surface area contributed by atoms with E-state index >= 15 is 0 Å².